The molecule has 1 aromatic rings. The van der Waals surface area contributed by atoms with E-state index in [0.29, 0.717) is 28.6 Å². The molecule has 1 atom stereocenters. The molecule has 5 nitrogen and oxygen atoms in total. The van der Waals surface area contributed by atoms with E-state index in [4.69, 9.17) is 5.73 Å². The van der Waals surface area contributed by atoms with Crippen molar-refractivity contribution in [1.29, 1.82) is 0 Å². The maximum Gasteiger partial charge on any atom is 0.251 e. The second-order valence-electron chi connectivity index (χ2n) is 4.70. The first-order valence-corrected chi connectivity index (χ1v) is 8.54. The first kappa shape index (κ1) is 14.3. The van der Waals surface area contributed by atoms with Crippen molar-refractivity contribution in [3.8, 4) is 0 Å². The average molecular weight is 347 g/mol. The number of halogens is 1. The molecule has 2 rings (SSSR count). The molecule has 1 aliphatic heterocycles. The lowest BCUT2D eigenvalue weighted by Crippen LogP contribution is -2.43. The number of benzene rings is 1. The number of nitrogens with two attached hydrogens (primary N) is 1. The minimum absolute atomic E-state index is 0.0161. The maximum atomic E-state index is 12.0. The molecule has 104 valence electrons. The number of carbonyl (C=O) groups excluding carboxylic acids is 1. The number of carbonyl (C=O) groups is 1. The van der Waals surface area contributed by atoms with Gasteiger partial charge in [-0.1, -0.05) is 15.9 Å². The van der Waals surface area contributed by atoms with Gasteiger partial charge in [0.15, 0.2) is 9.84 Å². The molecule has 1 saturated heterocycles. The summed E-state index contributed by atoms with van der Waals surface area (Å²) in [6.45, 7) is 0. The predicted octanol–water partition coefficient (Wildman–Crippen LogP) is 1.34. The van der Waals surface area contributed by atoms with Crippen molar-refractivity contribution in [2.75, 3.05) is 17.2 Å². The highest BCUT2D eigenvalue weighted by Crippen LogP contribution is 2.18. The lowest BCUT2D eigenvalue weighted by atomic mass is 10.1. The summed E-state index contributed by atoms with van der Waals surface area (Å²) in [5, 5.41) is 2.75. The minimum atomic E-state index is -3.02. The van der Waals surface area contributed by atoms with Crippen molar-refractivity contribution in [2.24, 2.45) is 0 Å². The Hall–Kier alpha value is -1.08. The van der Waals surface area contributed by atoms with Gasteiger partial charge in [0.2, 0.25) is 0 Å². The van der Waals surface area contributed by atoms with Crippen molar-refractivity contribution >= 4 is 37.4 Å². The van der Waals surface area contributed by atoms with Crippen molar-refractivity contribution < 1.29 is 13.2 Å². The van der Waals surface area contributed by atoms with E-state index in [1.165, 1.54) is 0 Å². The van der Waals surface area contributed by atoms with Gasteiger partial charge in [-0.2, -0.15) is 0 Å². The Morgan fingerprint density at radius 1 is 1.37 bits per heavy atom. The number of hydrogen-bond acceptors (Lipinski definition) is 4. The predicted molar refractivity (Wildman–Crippen MR) is 77.7 cm³/mol. The number of nitrogens with one attached hydrogen (secondary N) is 1. The van der Waals surface area contributed by atoms with Crippen LogP contribution in [0.4, 0.5) is 5.69 Å². The fourth-order valence-electron chi connectivity index (χ4n) is 2.15. The maximum absolute atomic E-state index is 12.0. The average Bonchev–Trinajstić information content (AvgIpc) is 2.26. The van der Waals surface area contributed by atoms with Crippen LogP contribution in [0.25, 0.3) is 0 Å². The van der Waals surface area contributed by atoms with Crippen LogP contribution in [0.15, 0.2) is 22.7 Å². The Bertz CT molecular complexity index is 581. The van der Waals surface area contributed by atoms with Crippen LogP contribution in [0.2, 0.25) is 0 Å². The monoisotopic (exact) mass is 346 g/mol. The summed E-state index contributed by atoms with van der Waals surface area (Å²) in [5.74, 6) is -0.0686. The molecular formula is C12H15BrN2O3S. The van der Waals surface area contributed by atoms with E-state index >= 15 is 0 Å². The fraction of sp³-hybridized carbons (Fsp3) is 0.417. The van der Waals surface area contributed by atoms with Gasteiger partial charge in [0.25, 0.3) is 5.91 Å². The molecule has 1 aromatic carbocycles. The van der Waals surface area contributed by atoms with Gasteiger partial charge >= 0.3 is 0 Å². The molecule has 1 heterocycles. The van der Waals surface area contributed by atoms with Crippen molar-refractivity contribution in [3.05, 3.63) is 28.2 Å². The highest BCUT2D eigenvalue weighted by Gasteiger charge is 2.26. The van der Waals surface area contributed by atoms with E-state index in [-0.39, 0.29) is 23.5 Å². The Labute approximate surface area is 120 Å². The molecule has 0 radical (unpaired) electrons. The molecule has 7 heteroatoms. The molecule has 0 saturated carbocycles. The lowest BCUT2D eigenvalue weighted by Gasteiger charge is -2.23. The summed E-state index contributed by atoms with van der Waals surface area (Å²) in [6, 6.07) is 4.61. The highest BCUT2D eigenvalue weighted by molar-refractivity contribution is 9.10. The van der Waals surface area contributed by atoms with Crippen molar-refractivity contribution in [2.45, 2.75) is 18.9 Å². The summed E-state index contributed by atoms with van der Waals surface area (Å²) < 4.78 is 23.7. The highest BCUT2D eigenvalue weighted by atomic mass is 79.9. The zero-order valence-corrected chi connectivity index (χ0v) is 12.6. The quantitative estimate of drug-likeness (QED) is 0.790. The molecule has 1 fully saturated rings. The van der Waals surface area contributed by atoms with Crippen molar-refractivity contribution in [1.82, 2.24) is 5.32 Å². The van der Waals surface area contributed by atoms with E-state index in [9.17, 15) is 13.2 Å². The van der Waals surface area contributed by atoms with Crippen LogP contribution in [0.1, 0.15) is 23.2 Å². The topological polar surface area (TPSA) is 89.3 Å². The van der Waals surface area contributed by atoms with Gasteiger partial charge in [-0.15, -0.1) is 0 Å². The lowest BCUT2D eigenvalue weighted by molar-refractivity contribution is 0.0938. The van der Waals surface area contributed by atoms with Crippen LogP contribution in [0.5, 0.6) is 0 Å². The zero-order chi connectivity index (χ0) is 14.0. The normalized spacial score (nSPS) is 21.8. The third-order valence-electron chi connectivity index (χ3n) is 2.98. The van der Waals surface area contributed by atoms with Crippen LogP contribution in [0.3, 0.4) is 0 Å². The number of rotatable bonds is 2. The van der Waals surface area contributed by atoms with Crippen LogP contribution < -0.4 is 11.1 Å². The third kappa shape index (κ3) is 3.94. The second kappa shape index (κ2) is 5.50. The van der Waals surface area contributed by atoms with Crippen LogP contribution in [-0.2, 0) is 9.84 Å². The van der Waals surface area contributed by atoms with E-state index in [2.05, 4.69) is 21.2 Å². The summed E-state index contributed by atoms with van der Waals surface area (Å²) in [7, 11) is -3.02. The van der Waals surface area contributed by atoms with Crippen LogP contribution in [0, 0.1) is 0 Å². The zero-order valence-electron chi connectivity index (χ0n) is 10.2. The number of anilines is 1. The Kier molecular flexibility index (Phi) is 4.15. The number of sulfone groups is 1. The van der Waals surface area contributed by atoms with Gasteiger partial charge in [0.1, 0.15) is 0 Å². The first-order chi connectivity index (χ1) is 8.85. The number of nitrogen functional groups attached to an aromatic ring is 1. The standard InChI is InChI=1S/C12H15BrN2O3S/c13-9-4-8(5-10(14)6-9)12(16)15-11-2-1-3-19(17,18)7-11/h4-6,11H,1-3,7,14H2,(H,15,16). The Morgan fingerprint density at radius 2 is 2.11 bits per heavy atom. The molecule has 19 heavy (non-hydrogen) atoms. The Morgan fingerprint density at radius 3 is 2.74 bits per heavy atom. The summed E-state index contributed by atoms with van der Waals surface area (Å²) in [6.07, 6.45) is 1.28. The third-order valence-corrected chi connectivity index (χ3v) is 5.26. The van der Waals surface area contributed by atoms with Crippen LogP contribution >= 0.6 is 15.9 Å². The van der Waals surface area contributed by atoms with E-state index < -0.39 is 9.84 Å². The molecule has 1 unspecified atom stereocenters. The molecular weight excluding hydrogens is 332 g/mol. The van der Waals surface area contributed by atoms with Crippen molar-refractivity contribution in [3.63, 3.8) is 0 Å². The number of amides is 1. The molecule has 0 aliphatic carbocycles. The smallest absolute Gasteiger partial charge is 0.251 e. The van der Waals surface area contributed by atoms with Gasteiger partial charge in [-0.05, 0) is 31.0 Å². The summed E-state index contributed by atoms with van der Waals surface area (Å²) >= 11 is 3.27. The van der Waals surface area contributed by atoms with E-state index in [1.54, 1.807) is 18.2 Å². The van der Waals surface area contributed by atoms with E-state index in [1.807, 2.05) is 0 Å². The first-order valence-electron chi connectivity index (χ1n) is 5.93. The molecule has 1 amide bonds. The van der Waals surface area contributed by atoms with E-state index in [0.717, 1.165) is 0 Å². The molecule has 0 aromatic heterocycles. The molecule has 3 N–H and O–H groups in total. The summed E-state index contributed by atoms with van der Waals surface area (Å²) in [5.41, 5.74) is 6.58. The molecule has 1 aliphatic rings. The number of hydrogen-bond donors (Lipinski definition) is 2. The van der Waals surface area contributed by atoms with Gasteiger partial charge < -0.3 is 11.1 Å². The largest absolute Gasteiger partial charge is 0.399 e. The van der Waals surface area contributed by atoms with Gasteiger partial charge in [-0.3, -0.25) is 4.79 Å². The van der Waals surface area contributed by atoms with Crippen LogP contribution in [-0.4, -0.2) is 31.9 Å². The molecule has 0 spiro atoms. The molecule has 0 bridgehead atoms. The van der Waals surface area contributed by atoms with Gasteiger partial charge in [0, 0.05) is 21.8 Å². The Balaban J connectivity index is 2.08. The van der Waals surface area contributed by atoms with Gasteiger partial charge in [0.05, 0.1) is 11.5 Å². The fourth-order valence-corrected chi connectivity index (χ4v) is 4.30. The SMILES string of the molecule is Nc1cc(Br)cc(C(=O)NC2CCCS(=O)(=O)C2)c1. The van der Waals surface area contributed by atoms with Gasteiger partial charge in [-0.25, -0.2) is 8.42 Å². The second-order valence-corrected chi connectivity index (χ2v) is 7.84. The summed E-state index contributed by atoms with van der Waals surface area (Å²) in [4.78, 5) is 12.0. The minimum Gasteiger partial charge on any atom is -0.399 e.